The Balaban J connectivity index is 0.000000646. The first kappa shape index (κ1) is 33.6. The van der Waals surface area contributed by atoms with Gasteiger partial charge in [-0.25, -0.2) is 9.18 Å². The van der Waals surface area contributed by atoms with E-state index in [9.17, 15) is 31.9 Å². The van der Waals surface area contributed by atoms with Gasteiger partial charge in [-0.1, -0.05) is 19.3 Å². The molecule has 2 amide bonds. The van der Waals surface area contributed by atoms with Crippen molar-refractivity contribution < 1.29 is 41.8 Å². The maximum absolute atomic E-state index is 13.9. The fraction of sp³-hybridized carbons (Fsp3) is 0.500. The van der Waals surface area contributed by atoms with Gasteiger partial charge in [0.05, 0.1) is 12.1 Å². The summed E-state index contributed by atoms with van der Waals surface area (Å²) in [7, 11) is 1.73. The number of carbonyl (C=O) groups is 4. The van der Waals surface area contributed by atoms with Crippen molar-refractivity contribution in [1.29, 1.82) is 0 Å². The van der Waals surface area contributed by atoms with Crippen LogP contribution in [0.1, 0.15) is 79.4 Å². The van der Waals surface area contributed by atoms with Crippen LogP contribution in [0.4, 0.5) is 17.6 Å². The number of likely N-dealkylation sites (tertiary alicyclic amines) is 1. The molecule has 0 bridgehead atoms. The van der Waals surface area contributed by atoms with Crippen LogP contribution in [0.5, 0.6) is 0 Å². The topological polar surface area (TPSA) is 129 Å². The van der Waals surface area contributed by atoms with Crippen molar-refractivity contribution >= 4 is 23.6 Å². The van der Waals surface area contributed by atoms with E-state index in [2.05, 4.69) is 15.6 Å². The maximum atomic E-state index is 13.9. The number of hydrogen-bond donors (Lipinski definition) is 3. The summed E-state index contributed by atoms with van der Waals surface area (Å²) in [4.78, 5) is 54.7. The van der Waals surface area contributed by atoms with Gasteiger partial charge >= 0.3 is 12.1 Å². The smallest absolute Gasteiger partial charge is 0.475 e. The first-order valence-electron chi connectivity index (χ1n) is 14.2. The number of likely N-dealkylation sites (N-methyl/N-ethyl adjacent to an activating group) is 1. The summed E-state index contributed by atoms with van der Waals surface area (Å²) < 4.78 is 45.0. The maximum Gasteiger partial charge on any atom is 0.490 e. The normalized spacial score (nSPS) is 18.7. The zero-order valence-corrected chi connectivity index (χ0v) is 24.0. The predicted molar refractivity (Wildman–Crippen MR) is 148 cm³/mol. The van der Waals surface area contributed by atoms with E-state index < -0.39 is 30.0 Å². The molecular formula is C30H36F4N4O5. The molecule has 0 radical (unpaired) electrons. The lowest BCUT2D eigenvalue weighted by Crippen LogP contribution is -2.55. The minimum atomic E-state index is -5.08. The number of nitrogens with one attached hydrogen (secondary N) is 2. The number of rotatable bonds is 8. The highest BCUT2D eigenvalue weighted by atomic mass is 19.4. The van der Waals surface area contributed by atoms with Crippen LogP contribution in [0.15, 0.2) is 42.7 Å². The number of aliphatic carboxylic acids is 1. The summed E-state index contributed by atoms with van der Waals surface area (Å²) in [6.45, 7) is 2.38. The average Bonchev–Trinajstić information content (AvgIpc) is 3.49. The Morgan fingerprint density at radius 2 is 1.60 bits per heavy atom. The van der Waals surface area contributed by atoms with E-state index in [1.807, 2.05) is 4.90 Å². The molecule has 4 rings (SSSR count). The lowest BCUT2D eigenvalue weighted by Gasteiger charge is -2.35. The fourth-order valence-corrected chi connectivity index (χ4v) is 5.35. The van der Waals surface area contributed by atoms with Crippen LogP contribution in [0.2, 0.25) is 0 Å². The Labute approximate surface area is 247 Å². The number of amides is 2. The van der Waals surface area contributed by atoms with E-state index in [-0.39, 0.29) is 29.6 Å². The largest absolute Gasteiger partial charge is 0.490 e. The fourth-order valence-electron chi connectivity index (χ4n) is 5.35. The third kappa shape index (κ3) is 9.06. The third-order valence-corrected chi connectivity index (χ3v) is 7.80. The quantitative estimate of drug-likeness (QED) is 0.299. The molecule has 1 aliphatic carbocycles. The van der Waals surface area contributed by atoms with Crippen molar-refractivity contribution in [3.8, 4) is 0 Å². The monoisotopic (exact) mass is 608 g/mol. The number of halogens is 4. The molecule has 234 valence electrons. The van der Waals surface area contributed by atoms with Gasteiger partial charge in [-0.05, 0) is 81.5 Å². The molecule has 1 aliphatic heterocycles. The van der Waals surface area contributed by atoms with Gasteiger partial charge in [0.2, 0.25) is 11.8 Å². The van der Waals surface area contributed by atoms with Gasteiger partial charge in [0, 0.05) is 30.1 Å². The number of nitrogens with zero attached hydrogens (tertiary/aromatic N) is 2. The summed E-state index contributed by atoms with van der Waals surface area (Å²) >= 11 is 0. The lowest BCUT2D eigenvalue weighted by molar-refractivity contribution is -0.192. The van der Waals surface area contributed by atoms with Crippen LogP contribution in [-0.2, 0) is 14.4 Å². The molecule has 2 aliphatic rings. The highest BCUT2D eigenvalue weighted by molar-refractivity contribution is 6.08. The van der Waals surface area contributed by atoms with Crippen LogP contribution >= 0.6 is 0 Å². The minimum Gasteiger partial charge on any atom is -0.475 e. The summed E-state index contributed by atoms with van der Waals surface area (Å²) in [5, 5.41) is 13.1. The van der Waals surface area contributed by atoms with E-state index in [4.69, 9.17) is 9.90 Å². The Morgan fingerprint density at radius 3 is 2.19 bits per heavy atom. The molecule has 1 saturated heterocycles. The number of carbonyl (C=O) groups excluding carboxylic acids is 3. The molecule has 43 heavy (non-hydrogen) atoms. The van der Waals surface area contributed by atoms with Crippen LogP contribution in [-0.4, -0.2) is 70.4 Å². The Hall–Kier alpha value is -3.87. The molecule has 2 fully saturated rings. The molecule has 2 heterocycles. The van der Waals surface area contributed by atoms with Gasteiger partial charge in [-0.3, -0.25) is 19.4 Å². The van der Waals surface area contributed by atoms with Crippen LogP contribution in [0.3, 0.4) is 0 Å². The molecule has 13 heteroatoms. The summed E-state index contributed by atoms with van der Waals surface area (Å²) in [5.41, 5.74) is 1.58. The molecule has 1 saturated carbocycles. The highest BCUT2D eigenvalue weighted by Gasteiger charge is 2.40. The Kier molecular flexibility index (Phi) is 11.8. The molecule has 1 aromatic heterocycles. The SMILES string of the molecule is CN[C@@H](C)C(=O)N[C@H](C(=O)N1CCC[C@H]1c1cncc(C(=O)c2ccc(F)cc2)c1)C1CCCCC1.O=C(O)C(F)(F)F. The molecule has 1 aromatic carbocycles. The van der Waals surface area contributed by atoms with Gasteiger partial charge < -0.3 is 20.6 Å². The molecule has 0 unspecified atom stereocenters. The van der Waals surface area contributed by atoms with Crippen LogP contribution in [0.25, 0.3) is 0 Å². The number of aromatic nitrogens is 1. The van der Waals surface area contributed by atoms with Gasteiger partial charge in [-0.2, -0.15) is 13.2 Å². The van der Waals surface area contributed by atoms with Gasteiger partial charge in [0.1, 0.15) is 11.9 Å². The number of hydrogen-bond acceptors (Lipinski definition) is 6. The lowest BCUT2D eigenvalue weighted by atomic mass is 9.83. The molecule has 9 nitrogen and oxygen atoms in total. The van der Waals surface area contributed by atoms with E-state index in [1.54, 1.807) is 26.2 Å². The minimum absolute atomic E-state index is 0.0590. The molecule has 2 aromatic rings. The molecule has 3 N–H and O–H groups in total. The van der Waals surface area contributed by atoms with E-state index in [0.717, 1.165) is 50.5 Å². The van der Waals surface area contributed by atoms with Gasteiger partial charge in [0.15, 0.2) is 5.78 Å². The summed E-state index contributed by atoms with van der Waals surface area (Å²) in [6.07, 6.45) is 4.85. The number of pyridine rings is 1. The Bertz CT molecular complexity index is 1280. The van der Waals surface area contributed by atoms with E-state index >= 15 is 0 Å². The second kappa shape index (κ2) is 15.0. The van der Waals surface area contributed by atoms with E-state index in [0.29, 0.717) is 17.7 Å². The van der Waals surface area contributed by atoms with Crippen molar-refractivity contribution in [3.05, 3.63) is 65.2 Å². The van der Waals surface area contributed by atoms with Crippen LogP contribution in [0, 0.1) is 11.7 Å². The average molecular weight is 609 g/mol. The first-order valence-corrected chi connectivity index (χ1v) is 14.2. The molecule has 0 spiro atoms. The van der Waals surface area contributed by atoms with Crippen molar-refractivity contribution in [3.63, 3.8) is 0 Å². The summed E-state index contributed by atoms with van der Waals surface area (Å²) in [6, 6.07) is 6.05. The second-order valence-corrected chi connectivity index (χ2v) is 10.7. The second-order valence-electron chi connectivity index (χ2n) is 10.7. The molecular weight excluding hydrogens is 572 g/mol. The highest BCUT2D eigenvalue weighted by Crippen LogP contribution is 2.35. The van der Waals surface area contributed by atoms with Crippen molar-refractivity contribution in [2.24, 2.45) is 5.92 Å². The van der Waals surface area contributed by atoms with Gasteiger partial charge in [0.25, 0.3) is 0 Å². The van der Waals surface area contributed by atoms with Crippen molar-refractivity contribution in [2.45, 2.75) is 76.2 Å². The number of ketones is 1. The van der Waals surface area contributed by atoms with Crippen molar-refractivity contribution in [2.75, 3.05) is 13.6 Å². The third-order valence-electron chi connectivity index (χ3n) is 7.80. The van der Waals surface area contributed by atoms with Crippen LogP contribution < -0.4 is 10.6 Å². The number of alkyl halides is 3. The zero-order chi connectivity index (χ0) is 31.7. The standard InChI is InChI=1S/C28H35FN4O3.C2HF3O2/c1-18(30-2)27(35)32-25(19-7-4-3-5-8-19)28(36)33-14-6-9-24(33)21-15-22(17-31-16-21)26(34)20-10-12-23(29)13-11-20;3-2(4,5)1(6)7/h10-13,15-19,24-25,30H,3-9,14H2,1-2H3,(H,32,35);(H,6,7)/t18-,24-,25-;/m0./s1. The zero-order valence-electron chi connectivity index (χ0n) is 24.0. The first-order chi connectivity index (χ1) is 20.3. The van der Waals surface area contributed by atoms with Crippen molar-refractivity contribution in [1.82, 2.24) is 20.5 Å². The molecule has 3 atom stereocenters. The predicted octanol–water partition coefficient (Wildman–Crippen LogP) is 4.42. The summed E-state index contributed by atoms with van der Waals surface area (Å²) in [5.74, 6) is -3.52. The Morgan fingerprint density at radius 1 is 0.977 bits per heavy atom. The number of benzene rings is 1. The van der Waals surface area contributed by atoms with E-state index in [1.165, 1.54) is 30.5 Å². The number of carboxylic acid groups (broad SMARTS) is 1. The van der Waals surface area contributed by atoms with Gasteiger partial charge in [-0.15, -0.1) is 0 Å². The number of carboxylic acids is 1.